The van der Waals surface area contributed by atoms with Gasteiger partial charge in [0.1, 0.15) is 6.10 Å². The molecular formula is C16H18N2O3. The number of pyridine rings is 2. The number of hydrogen-bond donors (Lipinski definition) is 1. The number of rotatable bonds is 4. The number of aromatic nitrogens is 2. The molecule has 21 heavy (non-hydrogen) atoms. The van der Waals surface area contributed by atoms with Gasteiger partial charge in [-0.2, -0.15) is 0 Å². The fourth-order valence-corrected chi connectivity index (χ4v) is 2.42. The van der Waals surface area contributed by atoms with E-state index in [0.717, 1.165) is 25.0 Å². The van der Waals surface area contributed by atoms with Crippen LogP contribution in [0, 0.1) is 0 Å². The number of hydrogen-bond acceptors (Lipinski definition) is 4. The Bertz CT molecular complexity index is 621. The van der Waals surface area contributed by atoms with Crippen molar-refractivity contribution in [2.75, 3.05) is 6.61 Å². The molecule has 0 aliphatic carbocycles. The van der Waals surface area contributed by atoms with Crippen LogP contribution in [0.25, 0.3) is 0 Å². The molecule has 2 aromatic heterocycles. The monoisotopic (exact) mass is 286 g/mol. The standard InChI is InChI=1S/C16H18N2O3/c19-12-7-9-18-14(11-12)16(13-5-1-3-8-17-13)21-15-6-2-4-10-20-15/h1,3,5,7-9,11,15-16H,2,4,6,10H2,(H,18,19). The molecular weight excluding hydrogens is 268 g/mol. The SMILES string of the molecule is O=c1cc[nH]c(C(OC2CCCCO2)c2ccccn2)c1. The van der Waals surface area contributed by atoms with E-state index < -0.39 is 6.10 Å². The predicted octanol–water partition coefficient (Wildman–Crippen LogP) is 2.40. The Morgan fingerprint density at radius 1 is 1.33 bits per heavy atom. The molecule has 1 aliphatic rings. The van der Waals surface area contributed by atoms with E-state index in [-0.39, 0.29) is 11.7 Å². The van der Waals surface area contributed by atoms with Gasteiger partial charge in [0.15, 0.2) is 11.7 Å². The third kappa shape index (κ3) is 3.56. The molecule has 1 saturated heterocycles. The van der Waals surface area contributed by atoms with Crippen LogP contribution in [-0.4, -0.2) is 22.9 Å². The normalized spacial score (nSPS) is 20.1. The van der Waals surface area contributed by atoms with Crippen molar-refractivity contribution >= 4 is 0 Å². The van der Waals surface area contributed by atoms with Gasteiger partial charge in [0, 0.05) is 31.1 Å². The topological polar surface area (TPSA) is 64.2 Å². The molecule has 5 heteroatoms. The minimum Gasteiger partial charge on any atom is -0.362 e. The second-order valence-corrected chi connectivity index (χ2v) is 5.05. The molecule has 110 valence electrons. The van der Waals surface area contributed by atoms with Crippen LogP contribution < -0.4 is 5.43 Å². The van der Waals surface area contributed by atoms with Crippen LogP contribution in [0.1, 0.15) is 36.8 Å². The molecule has 1 N–H and O–H groups in total. The summed E-state index contributed by atoms with van der Waals surface area (Å²) in [7, 11) is 0. The van der Waals surface area contributed by atoms with Crippen molar-refractivity contribution in [3.8, 4) is 0 Å². The summed E-state index contributed by atoms with van der Waals surface area (Å²) in [6.07, 6.45) is 5.67. The zero-order valence-electron chi connectivity index (χ0n) is 11.7. The van der Waals surface area contributed by atoms with E-state index in [2.05, 4.69) is 9.97 Å². The first-order valence-corrected chi connectivity index (χ1v) is 7.19. The first kappa shape index (κ1) is 14.0. The van der Waals surface area contributed by atoms with E-state index in [9.17, 15) is 4.79 Å². The zero-order chi connectivity index (χ0) is 14.5. The van der Waals surface area contributed by atoms with Crippen molar-refractivity contribution in [2.24, 2.45) is 0 Å². The highest BCUT2D eigenvalue weighted by Gasteiger charge is 2.24. The molecule has 0 amide bonds. The van der Waals surface area contributed by atoms with Crippen molar-refractivity contribution in [2.45, 2.75) is 31.7 Å². The second-order valence-electron chi connectivity index (χ2n) is 5.05. The Labute approximate surface area is 123 Å². The van der Waals surface area contributed by atoms with Crippen molar-refractivity contribution in [1.29, 1.82) is 0 Å². The van der Waals surface area contributed by atoms with Crippen LogP contribution in [-0.2, 0) is 9.47 Å². The fraction of sp³-hybridized carbons (Fsp3) is 0.375. The number of nitrogens with zero attached hydrogens (tertiary/aromatic N) is 1. The molecule has 2 unspecified atom stereocenters. The van der Waals surface area contributed by atoms with Crippen LogP contribution in [0.3, 0.4) is 0 Å². The molecule has 1 fully saturated rings. The van der Waals surface area contributed by atoms with E-state index in [4.69, 9.17) is 9.47 Å². The van der Waals surface area contributed by atoms with Gasteiger partial charge in [-0.25, -0.2) is 0 Å². The number of aromatic amines is 1. The molecule has 0 saturated carbocycles. The lowest BCUT2D eigenvalue weighted by Gasteiger charge is -2.27. The molecule has 3 rings (SSSR count). The Balaban J connectivity index is 1.89. The zero-order valence-corrected chi connectivity index (χ0v) is 11.7. The highest BCUT2D eigenvalue weighted by atomic mass is 16.7. The maximum Gasteiger partial charge on any atom is 0.181 e. The third-order valence-corrected chi connectivity index (χ3v) is 3.46. The molecule has 1 aliphatic heterocycles. The van der Waals surface area contributed by atoms with Gasteiger partial charge in [-0.05, 0) is 31.4 Å². The van der Waals surface area contributed by atoms with E-state index in [1.807, 2.05) is 18.2 Å². The Morgan fingerprint density at radius 2 is 2.29 bits per heavy atom. The molecule has 0 bridgehead atoms. The molecule has 2 aromatic rings. The molecule has 5 nitrogen and oxygen atoms in total. The first-order valence-electron chi connectivity index (χ1n) is 7.19. The summed E-state index contributed by atoms with van der Waals surface area (Å²) in [5.41, 5.74) is 1.39. The van der Waals surface area contributed by atoms with E-state index in [0.29, 0.717) is 12.3 Å². The van der Waals surface area contributed by atoms with Gasteiger partial charge >= 0.3 is 0 Å². The molecule has 0 spiro atoms. The summed E-state index contributed by atoms with van der Waals surface area (Å²) in [6.45, 7) is 0.713. The molecule has 2 atom stereocenters. The number of ether oxygens (including phenoxy) is 2. The smallest absolute Gasteiger partial charge is 0.181 e. The Kier molecular flexibility index (Phi) is 4.43. The lowest BCUT2D eigenvalue weighted by Crippen LogP contribution is -2.26. The highest BCUT2D eigenvalue weighted by molar-refractivity contribution is 5.19. The number of H-pyrrole nitrogens is 1. The van der Waals surface area contributed by atoms with E-state index in [1.54, 1.807) is 18.5 Å². The summed E-state index contributed by atoms with van der Waals surface area (Å²) in [5, 5.41) is 0. The van der Waals surface area contributed by atoms with Gasteiger partial charge in [-0.15, -0.1) is 0 Å². The quantitative estimate of drug-likeness (QED) is 0.937. The van der Waals surface area contributed by atoms with Crippen molar-refractivity contribution in [3.05, 3.63) is 64.3 Å². The van der Waals surface area contributed by atoms with Crippen molar-refractivity contribution < 1.29 is 9.47 Å². The summed E-state index contributed by atoms with van der Waals surface area (Å²) < 4.78 is 11.7. The third-order valence-electron chi connectivity index (χ3n) is 3.46. The average Bonchev–Trinajstić information content (AvgIpc) is 2.54. The minimum atomic E-state index is -0.428. The highest BCUT2D eigenvalue weighted by Crippen LogP contribution is 2.26. The summed E-state index contributed by atoms with van der Waals surface area (Å²) >= 11 is 0. The van der Waals surface area contributed by atoms with Gasteiger partial charge in [-0.3, -0.25) is 9.78 Å². The van der Waals surface area contributed by atoms with Gasteiger partial charge in [0.25, 0.3) is 0 Å². The lowest BCUT2D eigenvalue weighted by atomic mass is 10.1. The largest absolute Gasteiger partial charge is 0.362 e. The molecule has 0 radical (unpaired) electrons. The van der Waals surface area contributed by atoms with Crippen LogP contribution in [0.5, 0.6) is 0 Å². The summed E-state index contributed by atoms with van der Waals surface area (Å²) in [5.74, 6) is 0. The summed E-state index contributed by atoms with van der Waals surface area (Å²) in [6, 6.07) is 8.67. The van der Waals surface area contributed by atoms with E-state index >= 15 is 0 Å². The molecule has 0 aromatic carbocycles. The van der Waals surface area contributed by atoms with Crippen molar-refractivity contribution in [1.82, 2.24) is 9.97 Å². The second kappa shape index (κ2) is 6.65. The van der Waals surface area contributed by atoms with Crippen LogP contribution in [0.15, 0.2) is 47.5 Å². The molecule has 3 heterocycles. The fourth-order valence-electron chi connectivity index (χ4n) is 2.42. The van der Waals surface area contributed by atoms with Gasteiger partial charge < -0.3 is 14.5 Å². The van der Waals surface area contributed by atoms with Gasteiger partial charge in [0.05, 0.1) is 11.4 Å². The van der Waals surface area contributed by atoms with Gasteiger partial charge in [-0.1, -0.05) is 6.07 Å². The van der Waals surface area contributed by atoms with E-state index in [1.165, 1.54) is 6.07 Å². The lowest BCUT2D eigenvalue weighted by molar-refractivity contribution is -0.182. The Hall–Kier alpha value is -1.98. The minimum absolute atomic E-state index is 0.0576. The van der Waals surface area contributed by atoms with Gasteiger partial charge in [0.2, 0.25) is 0 Å². The van der Waals surface area contributed by atoms with Crippen LogP contribution in [0.2, 0.25) is 0 Å². The maximum atomic E-state index is 11.6. The predicted molar refractivity (Wildman–Crippen MR) is 77.8 cm³/mol. The summed E-state index contributed by atoms with van der Waals surface area (Å²) in [4.78, 5) is 19.0. The number of nitrogens with one attached hydrogen (secondary N) is 1. The van der Waals surface area contributed by atoms with Crippen LogP contribution >= 0.6 is 0 Å². The first-order chi connectivity index (χ1) is 10.3. The maximum absolute atomic E-state index is 11.6. The van der Waals surface area contributed by atoms with Crippen molar-refractivity contribution in [3.63, 3.8) is 0 Å². The van der Waals surface area contributed by atoms with Crippen LogP contribution in [0.4, 0.5) is 0 Å². The average molecular weight is 286 g/mol. The Morgan fingerprint density at radius 3 is 3.00 bits per heavy atom.